The fourth-order valence-electron chi connectivity index (χ4n) is 2.37. The molecule has 1 N–H and O–H groups in total. The van der Waals surface area contributed by atoms with Crippen molar-refractivity contribution in [1.29, 1.82) is 0 Å². The van der Waals surface area contributed by atoms with Gasteiger partial charge in [-0.1, -0.05) is 12.1 Å². The molecule has 3 rings (SSSR count). The van der Waals surface area contributed by atoms with Crippen molar-refractivity contribution in [1.82, 2.24) is 14.8 Å². The molecule has 5 nitrogen and oxygen atoms in total. The molecule has 0 unspecified atom stereocenters. The largest absolute Gasteiger partial charge is 0.416 e. The molecule has 0 saturated carbocycles. The van der Waals surface area contributed by atoms with Crippen LogP contribution in [-0.2, 0) is 6.18 Å². The number of benzene rings is 2. The summed E-state index contributed by atoms with van der Waals surface area (Å²) in [6.45, 7) is 0. The van der Waals surface area contributed by atoms with Gasteiger partial charge in [0.05, 0.1) is 22.5 Å². The van der Waals surface area contributed by atoms with Gasteiger partial charge in [0.2, 0.25) is 0 Å². The molecule has 0 fully saturated rings. The number of thioether (sulfide) groups is 1. The molecular formula is C17H13F3N4OS. The Labute approximate surface area is 151 Å². The molecular weight excluding hydrogens is 365 g/mol. The van der Waals surface area contributed by atoms with Gasteiger partial charge in [0.25, 0.3) is 5.91 Å². The normalized spacial score (nSPS) is 11.4. The topological polar surface area (TPSA) is 59.8 Å². The predicted molar refractivity (Wildman–Crippen MR) is 92.5 cm³/mol. The Morgan fingerprint density at radius 1 is 1.19 bits per heavy atom. The van der Waals surface area contributed by atoms with E-state index in [-0.39, 0.29) is 11.4 Å². The number of amides is 1. The van der Waals surface area contributed by atoms with E-state index in [9.17, 15) is 18.0 Å². The monoisotopic (exact) mass is 378 g/mol. The summed E-state index contributed by atoms with van der Waals surface area (Å²) < 4.78 is 40.5. The zero-order chi connectivity index (χ0) is 18.7. The summed E-state index contributed by atoms with van der Waals surface area (Å²) in [4.78, 5) is 17.1. The number of carbonyl (C=O) groups is 1. The van der Waals surface area contributed by atoms with Crippen LogP contribution in [0, 0.1) is 0 Å². The molecule has 26 heavy (non-hydrogen) atoms. The Kier molecular flexibility index (Phi) is 4.99. The molecule has 0 atom stereocenters. The number of nitrogens with zero attached hydrogens (tertiary/aromatic N) is 3. The third-order valence-corrected chi connectivity index (χ3v) is 4.39. The summed E-state index contributed by atoms with van der Waals surface area (Å²) in [5.41, 5.74) is -0.214. The number of rotatable bonds is 4. The smallest absolute Gasteiger partial charge is 0.320 e. The van der Waals surface area contributed by atoms with E-state index >= 15 is 0 Å². The summed E-state index contributed by atoms with van der Waals surface area (Å²) in [5, 5.41) is 6.48. The summed E-state index contributed by atoms with van der Waals surface area (Å²) in [6, 6.07) is 9.92. The van der Waals surface area contributed by atoms with E-state index in [4.69, 9.17) is 0 Å². The van der Waals surface area contributed by atoms with Crippen molar-refractivity contribution < 1.29 is 18.0 Å². The first-order valence-corrected chi connectivity index (χ1v) is 8.63. The minimum atomic E-state index is -4.53. The van der Waals surface area contributed by atoms with Crippen LogP contribution in [0.3, 0.4) is 0 Å². The van der Waals surface area contributed by atoms with Gasteiger partial charge < -0.3 is 5.32 Å². The Bertz CT molecular complexity index is 926. The molecule has 1 heterocycles. The van der Waals surface area contributed by atoms with E-state index in [0.717, 1.165) is 17.0 Å². The molecule has 1 aromatic heterocycles. The maximum Gasteiger partial charge on any atom is 0.416 e. The Morgan fingerprint density at radius 3 is 2.62 bits per heavy atom. The summed E-state index contributed by atoms with van der Waals surface area (Å²) >= 11 is 1.38. The Morgan fingerprint density at radius 2 is 1.96 bits per heavy atom. The highest BCUT2D eigenvalue weighted by Crippen LogP contribution is 2.33. The van der Waals surface area contributed by atoms with Crippen molar-refractivity contribution >= 4 is 23.4 Å². The second-order valence-corrected chi connectivity index (χ2v) is 6.07. The second kappa shape index (κ2) is 7.20. The van der Waals surface area contributed by atoms with Gasteiger partial charge in [0.15, 0.2) is 0 Å². The van der Waals surface area contributed by atoms with Gasteiger partial charge in [-0.2, -0.15) is 18.3 Å². The van der Waals surface area contributed by atoms with E-state index in [1.807, 2.05) is 6.26 Å². The lowest BCUT2D eigenvalue weighted by atomic mass is 10.1. The first-order valence-electron chi connectivity index (χ1n) is 7.41. The van der Waals surface area contributed by atoms with Crippen LogP contribution in [0.25, 0.3) is 5.69 Å². The van der Waals surface area contributed by atoms with Crippen LogP contribution >= 0.6 is 11.8 Å². The molecule has 9 heteroatoms. The van der Waals surface area contributed by atoms with Crippen LogP contribution in [0.4, 0.5) is 18.9 Å². The molecule has 0 spiro atoms. The number of anilines is 1. The maximum atomic E-state index is 13.1. The van der Waals surface area contributed by atoms with E-state index in [1.165, 1.54) is 35.2 Å². The van der Waals surface area contributed by atoms with Crippen molar-refractivity contribution in [2.24, 2.45) is 0 Å². The van der Waals surface area contributed by atoms with Crippen LogP contribution in [0.1, 0.15) is 15.9 Å². The fourth-order valence-corrected chi connectivity index (χ4v) is 2.96. The van der Waals surface area contributed by atoms with Crippen molar-refractivity contribution in [3.8, 4) is 5.69 Å². The number of carbonyl (C=O) groups excluding carboxylic acids is 1. The third-order valence-electron chi connectivity index (χ3n) is 3.59. The van der Waals surface area contributed by atoms with Gasteiger partial charge in [-0.15, -0.1) is 11.8 Å². The molecule has 0 aliphatic rings. The molecule has 0 aliphatic carbocycles. The highest BCUT2D eigenvalue weighted by atomic mass is 32.2. The van der Waals surface area contributed by atoms with E-state index in [2.05, 4.69) is 15.4 Å². The molecule has 134 valence electrons. The highest BCUT2D eigenvalue weighted by molar-refractivity contribution is 7.98. The first kappa shape index (κ1) is 18.0. The number of hydrogen-bond donors (Lipinski definition) is 1. The fraction of sp³-hybridized carbons (Fsp3) is 0.118. The van der Waals surface area contributed by atoms with E-state index in [1.54, 1.807) is 24.3 Å². The number of halogens is 3. The molecule has 0 saturated heterocycles. The van der Waals surface area contributed by atoms with E-state index in [0.29, 0.717) is 5.56 Å². The summed E-state index contributed by atoms with van der Waals surface area (Å²) in [7, 11) is 0. The minimum Gasteiger partial charge on any atom is -0.320 e. The highest BCUT2D eigenvalue weighted by Gasteiger charge is 2.31. The van der Waals surface area contributed by atoms with Gasteiger partial charge in [-0.25, -0.2) is 9.67 Å². The summed E-state index contributed by atoms with van der Waals surface area (Å²) in [5.74, 6) is -0.504. The molecule has 1 amide bonds. The SMILES string of the molecule is CSc1ccccc1C(=O)Nc1cc(C(F)(F)F)ccc1-n1cncn1. The second-order valence-electron chi connectivity index (χ2n) is 5.22. The number of alkyl halides is 3. The number of hydrogen-bond acceptors (Lipinski definition) is 4. The van der Waals surface area contributed by atoms with Crippen LogP contribution in [0.15, 0.2) is 60.0 Å². The average molecular weight is 378 g/mol. The minimum absolute atomic E-state index is 0.00812. The van der Waals surface area contributed by atoms with Gasteiger partial charge in [-0.3, -0.25) is 4.79 Å². The zero-order valence-corrected chi connectivity index (χ0v) is 14.3. The number of nitrogens with one attached hydrogen (secondary N) is 1. The number of aromatic nitrogens is 3. The molecule has 0 radical (unpaired) electrons. The molecule has 2 aromatic carbocycles. The quantitative estimate of drug-likeness (QED) is 0.689. The van der Waals surface area contributed by atoms with Gasteiger partial charge in [0, 0.05) is 4.90 Å². The average Bonchev–Trinajstić information content (AvgIpc) is 3.15. The lowest BCUT2D eigenvalue weighted by molar-refractivity contribution is -0.137. The van der Waals surface area contributed by atoms with Gasteiger partial charge in [-0.05, 0) is 36.6 Å². The van der Waals surface area contributed by atoms with Crippen molar-refractivity contribution in [2.45, 2.75) is 11.1 Å². The third kappa shape index (κ3) is 3.72. The van der Waals surface area contributed by atoms with E-state index < -0.39 is 17.6 Å². The van der Waals surface area contributed by atoms with Crippen LogP contribution in [0.5, 0.6) is 0 Å². The standard InChI is InChI=1S/C17H13F3N4OS/c1-26-15-5-3-2-4-12(15)16(25)23-13-8-11(17(18,19)20)6-7-14(13)24-10-21-9-22-24/h2-10H,1H3,(H,23,25). The van der Waals surface area contributed by atoms with Crippen LogP contribution in [0.2, 0.25) is 0 Å². The lowest BCUT2D eigenvalue weighted by Crippen LogP contribution is -2.16. The molecule has 0 aliphatic heterocycles. The van der Waals surface area contributed by atoms with Crippen molar-refractivity contribution in [3.05, 3.63) is 66.2 Å². The summed E-state index contributed by atoms with van der Waals surface area (Å²) in [6.07, 6.45) is -0.116. The lowest BCUT2D eigenvalue weighted by Gasteiger charge is -2.15. The van der Waals surface area contributed by atoms with Gasteiger partial charge >= 0.3 is 6.18 Å². The van der Waals surface area contributed by atoms with Gasteiger partial charge in [0.1, 0.15) is 12.7 Å². The Balaban J connectivity index is 2.03. The van der Waals surface area contributed by atoms with Crippen molar-refractivity contribution in [2.75, 3.05) is 11.6 Å². The van der Waals surface area contributed by atoms with Crippen LogP contribution in [-0.4, -0.2) is 26.9 Å². The maximum absolute atomic E-state index is 13.1. The Hall–Kier alpha value is -2.81. The predicted octanol–water partition coefficient (Wildman–Crippen LogP) is 4.26. The molecule has 3 aromatic rings. The molecule has 0 bridgehead atoms. The zero-order valence-electron chi connectivity index (χ0n) is 13.5. The van der Waals surface area contributed by atoms with Crippen molar-refractivity contribution in [3.63, 3.8) is 0 Å². The first-order chi connectivity index (χ1) is 12.4. The van der Waals surface area contributed by atoms with Crippen LogP contribution < -0.4 is 5.32 Å².